The monoisotopic (exact) mass is 398 g/mol. The fourth-order valence-electron chi connectivity index (χ4n) is 3.49. The maximum atomic E-state index is 12.6. The summed E-state index contributed by atoms with van der Waals surface area (Å²) in [6.07, 6.45) is 0. The van der Waals surface area contributed by atoms with E-state index in [1.54, 1.807) is 6.92 Å². The summed E-state index contributed by atoms with van der Waals surface area (Å²) in [5.41, 5.74) is 5.10. The molecule has 150 valence electrons. The Hall–Kier alpha value is -3.66. The molecule has 4 rings (SSSR count). The predicted molar refractivity (Wildman–Crippen MR) is 118 cm³/mol. The fourth-order valence-corrected chi connectivity index (χ4v) is 3.49. The number of ketones is 1. The molecule has 0 atom stereocenters. The Balaban J connectivity index is 1.52. The second-order valence-electron chi connectivity index (χ2n) is 7.36. The summed E-state index contributed by atoms with van der Waals surface area (Å²) in [7, 11) is 0. The van der Waals surface area contributed by atoms with Gasteiger partial charge in [-0.25, -0.2) is 4.79 Å². The van der Waals surface area contributed by atoms with Crippen molar-refractivity contribution in [3.8, 4) is 16.9 Å². The van der Waals surface area contributed by atoms with E-state index in [0.29, 0.717) is 28.0 Å². The number of benzene rings is 3. The van der Waals surface area contributed by atoms with Crippen LogP contribution in [0.5, 0.6) is 5.75 Å². The van der Waals surface area contributed by atoms with Gasteiger partial charge in [-0.3, -0.25) is 4.79 Å². The molecule has 0 aliphatic heterocycles. The third-order valence-electron chi connectivity index (χ3n) is 5.50. The number of carbonyl (C=O) groups excluding carboxylic acids is 1. The van der Waals surface area contributed by atoms with Crippen LogP contribution in [0.25, 0.3) is 22.1 Å². The van der Waals surface area contributed by atoms with Gasteiger partial charge >= 0.3 is 5.63 Å². The van der Waals surface area contributed by atoms with E-state index in [-0.39, 0.29) is 18.0 Å². The van der Waals surface area contributed by atoms with Crippen LogP contribution in [0.1, 0.15) is 27.0 Å². The first-order chi connectivity index (χ1) is 14.5. The highest BCUT2D eigenvalue weighted by Crippen LogP contribution is 2.29. The van der Waals surface area contributed by atoms with E-state index < -0.39 is 0 Å². The quantitative estimate of drug-likeness (QED) is 0.322. The zero-order chi connectivity index (χ0) is 21.3. The largest absolute Gasteiger partial charge is 0.485 e. The van der Waals surface area contributed by atoms with E-state index in [1.165, 1.54) is 0 Å². The maximum Gasteiger partial charge on any atom is 0.339 e. The molecule has 4 heteroatoms. The number of rotatable bonds is 5. The third-order valence-corrected chi connectivity index (χ3v) is 5.50. The molecular formula is C26H22O4. The molecule has 0 fully saturated rings. The van der Waals surface area contributed by atoms with Crippen molar-refractivity contribution in [3.63, 3.8) is 0 Å². The van der Waals surface area contributed by atoms with Crippen LogP contribution < -0.4 is 10.4 Å². The second-order valence-corrected chi connectivity index (χ2v) is 7.36. The molecule has 1 aromatic heterocycles. The zero-order valence-corrected chi connectivity index (χ0v) is 17.2. The van der Waals surface area contributed by atoms with Crippen LogP contribution in [0.3, 0.4) is 0 Å². The molecule has 0 radical (unpaired) electrons. The van der Waals surface area contributed by atoms with Gasteiger partial charge in [0.15, 0.2) is 12.4 Å². The lowest BCUT2D eigenvalue weighted by molar-refractivity contribution is 0.0921. The van der Waals surface area contributed by atoms with Gasteiger partial charge in [0.05, 0.1) is 0 Å². The molecule has 0 aliphatic carbocycles. The van der Waals surface area contributed by atoms with Gasteiger partial charge in [-0.15, -0.1) is 0 Å². The first-order valence-corrected chi connectivity index (χ1v) is 9.81. The lowest BCUT2D eigenvalue weighted by Crippen LogP contribution is -2.12. The lowest BCUT2D eigenvalue weighted by atomic mass is 10.0. The Bertz CT molecular complexity index is 1280. The highest BCUT2D eigenvalue weighted by Gasteiger charge is 2.14. The van der Waals surface area contributed by atoms with Gasteiger partial charge in [-0.1, -0.05) is 54.6 Å². The van der Waals surface area contributed by atoms with Crippen molar-refractivity contribution >= 4 is 16.8 Å². The van der Waals surface area contributed by atoms with E-state index in [2.05, 4.69) is 0 Å². The Morgan fingerprint density at radius 1 is 0.800 bits per heavy atom. The SMILES string of the molecule is Cc1c(C)c2ccc(OCC(=O)c3ccc(-c4ccccc4)cc3)c(C)c2oc1=O. The highest BCUT2D eigenvalue weighted by molar-refractivity contribution is 5.97. The molecule has 0 bridgehead atoms. The first-order valence-electron chi connectivity index (χ1n) is 9.81. The number of fused-ring (bicyclic) bond motifs is 1. The molecule has 0 amide bonds. The highest BCUT2D eigenvalue weighted by atomic mass is 16.5. The van der Waals surface area contributed by atoms with E-state index in [9.17, 15) is 9.59 Å². The minimum Gasteiger partial charge on any atom is -0.485 e. The normalized spacial score (nSPS) is 10.9. The van der Waals surface area contributed by atoms with Gasteiger partial charge in [0.25, 0.3) is 0 Å². The van der Waals surface area contributed by atoms with Crippen molar-refractivity contribution in [2.45, 2.75) is 20.8 Å². The van der Waals surface area contributed by atoms with E-state index in [1.807, 2.05) is 80.6 Å². The molecule has 30 heavy (non-hydrogen) atoms. The Morgan fingerprint density at radius 3 is 2.17 bits per heavy atom. The van der Waals surface area contributed by atoms with Crippen molar-refractivity contribution < 1.29 is 13.9 Å². The standard InChI is InChI=1S/C26H22O4/c1-16-17(2)26(28)30-25-18(3)24(14-13-22(16)25)29-15-23(27)21-11-9-20(10-12-21)19-7-5-4-6-8-19/h4-14H,15H2,1-3H3. The lowest BCUT2D eigenvalue weighted by Gasteiger charge is -2.12. The molecule has 3 aromatic carbocycles. The summed E-state index contributed by atoms with van der Waals surface area (Å²) in [5.74, 6) is 0.416. The predicted octanol–water partition coefficient (Wildman–Crippen LogP) is 5.65. The molecule has 0 saturated heterocycles. The summed E-state index contributed by atoms with van der Waals surface area (Å²) in [4.78, 5) is 24.6. The molecule has 4 nitrogen and oxygen atoms in total. The number of carbonyl (C=O) groups is 1. The molecule has 1 heterocycles. The minimum absolute atomic E-state index is 0.0912. The van der Waals surface area contributed by atoms with Crippen molar-refractivity contribution in [3.05, 3.63) is 99.4 Å². The summed E-state index contributed by atoms with van der Waals surface area (Å²) in [6, 6.07) is 21.2. The van der Waals surface area contributed by atoms with Crippen LogP contribution >= 0.6 is 0 Å². The van der Waals surface area contributed by atoms with Gasteiger partial charge in [-0.05, 0) is 49.6 Å². The van der Waals surface area contributed by atoms with Gasteiger partial charge in [0.2, 0.25) is 0 Å². The number of aryl methyl sites for hydroxylation is 2. The zero-order valence-electron chi connectivity index (χ0n) is 17.2. The van der Waals surface area contributed by atoms with Crippen molar-refractivity contribution in [2.24, 2.45) is 0 Å². The molecule has 0 unspecified atom stereocenters. The summed E-state index contributed by atoms with van der Waals surface area (Å²) >= 11 is 0. The molecule has 0 saturated carbocycles. The number of Topliss-reactive ketones (excluding diaryl/α,β-unsaturated/α-hetero) is 1. The average Bonchev–Trinajstić information content (AvgIpc) is 2.78. The van der Waals surface area contributed by atoms with Crippen LogP contribution in [0.15, 0.2) is 75.9 Å². The van der Waals surface area contributed by atoms with Gasteiger partial charge < -0.3 is 9.15 Å². The third kappa shape index (κ3) is 3.64. The molecule has 0 N–H and O–H groups in total. The molecule has 0 spiro atoms. The minimum atomic E-state index is -0.352. The number of hydrogen-bond donors (Lipinski definition) is 0. The van der Waals surface area contributed by atoms with E-state index in [4.69, 9.17) is 9.15 Å². The van der Waals surface area contributed by atoms with Gasteiger partial charge in [-0.2, -0.15) is 0 Å². The molecular weight excluding hydrogens is 376 g/mol. The van der Waals surface area contributed by atoms with Crippen molar-refractivity contribution in [1.82, 2.24) is 0 Å². The summed E-state index contributed by atoms with van der Waals surface area (Å²) < 4.78 is 11.2. The Kier molecular flexibility index (Phi) is 5.23. The van der Waals surface area contributed by atoms with Crippen LogP contribution in [-0.4, -0.2) is 12.4 Å². The fraction of sp³-hybridized carbons (Fsp3) is 0.154. The van der Waals surface area contributed by atoms with E-state index >= 15 is 0 Å². The molecule has 0 aliphatic rings. The van der Waals surface area contributed by atoms with Crippen LogP contribution in [0.4, 0.5) is 0 Å². The van der Waals surface area contributed by atoms with Gasteiger partial charge in [0.1, 0.15) is 11.3 Å². The number of ether oxygens (including phenoxy) is 1. The maximum absolute atomic E-state index is 12.6. The van der Waals surface area contributed by atoms with Crippen molar-refractivity contribution in [1.29, 1.82) is 0 Å². The summed E-state index contributed by atoms with van der Waals surface area (Å²) in [6.45, 7) is 5.39. The van der Waals surface area contributed by atoms with Crippen LogP contribution in [-0.2, 0) is 0 Å². The average molecular weight is 398 g/mol. The smallest absolute Gasteiger partial charge is 0.339 e. The van der Waals surface area contributed by atoms with Crippen molar-refractivity contribution in [2.75, 3.05) is 6.61 Å². The Labute approximate surface area is 174 Å². The summed E-state index contributed by atoms with van der Waals surface area (Å²) in [5, 5.41) is 0.875. The second kappa shape index (κ2) is 7.99. The number of hydrogen-bond acceptors (Lipinski definition) is 4. The van der Waals surface area contributed by atoms with Gasteiger partial charge in [0, 0.05) is 22.1 Å². The van der Waals surface area contributed by atoms with Crippen LogP contribution in [0.2, 0.25) is 0 Å². The van der Waals surface area contributed by atoms with E-state index in [0.717, 1.165) is 22.1 Å². The molecule has 4 aromatic rings. The first kappa shape index (κ1) is 19.6. The Morgan fingerprint density at radius 2 is 1.47 bits per heavy atom. The topological polar surface area (TPSA) is 56.5 Å². The van der Waals surface area contributed by atoms with Crippen LogP contribution in [0, 0.1) is 20.8 Å².